The molecule has 254 valence electrons. The standard InChI is InChI=1S/C44H68N2/c1-8-15-18-19-20-21-26-38-33-43(39-29-34(22-11-4)41(27-16-9-2)35(30-39)23-12-5)46(45)44(38)40-31-36(24-13-6)42(28-17-10-3)37(32-40)25-14-7/h29-33H,8-28H2,1-7H3. The van der Waals surface area contributed by atoms with E-state index in [-0.39, 0.29) is 0 Å². The highest BCUT2D eigenvalue weighted by Crippen LogP contribution is 2.40. The zero-order valence-corrected chi connectivity index (χ0v) is 31.1. The monoisotopic (exact) mass is 625 g/mol. The van der Waals surface area contributed by atoms with Gasteiger partial charge in [0.05, 0.1) is 0 Å². The lowest BCUT2D eigenvalue weighted by molar-refractivity contribution is -0.344. The third-order valence-corrected chi connectivity index (χ3v) is 9.93. The molecule has 1 aliphatic heterocycles. The average molecular weight is 625 g/mol. The molecule has 2 aromatic rings. The molecule has 0 atom stereocenters. The van der Waals surface area contributed by atoms with Crippen molar-refractivity contribution in [1.29, 1.82) is 0 Å². The second kappa shape index (κ2) is 20.7. The summed E-state index contributed by atoms with van der Waals surface area (Å²) in [6.45, 7) is 16.1. The van der Waals surface area contributed by atoms with Gasteiger partial charge in [-0.05, 0) is 122 Å². The van der Waals surface area contributed by atoms with Crippen LogP contribution >= 0.6 is 0 Å². The SMILES string of the molecule is CCCCCCCCC1=C(c2cc(CCC)c(CCCC)c(CCC)c2)[N+](=[N-])C(c2cc(CCC)c(CCCC)c(CCC)c2)=C1. The first-order chi connectivity index (χ1) is 22.5. The molecule has 0 bridgehead atoms. The predicted molar refractivity (Wildman–Crippen MR) is 203 cm³/mol. The maximum Gasteiger partial charge on any atom is 0.210 e. The Bertz CT molecular complexity index is 1250. The predicted octanol–water partition coefficient (Wildman–Crippen LogP) is 13.7. The Balaban J connectivity index is 2.14. The van der Waals surface area contributed by atoms with E-state index in [1.54, 1.807) is 15.8 Å². The molecule has 0 spiro atoms. The zero-order valence-electron chi connectivity index (χ0n) is 31.1. The molecule has 0 unspecified atom stereocenters. The van der Waals surface area contributed by atoms with E-state index in [2.05, 4.69) is 78.8 Å². The number of unbranched alkanes of at least 4 members (excludes halogenated alkanes) is 7. The molecular weight excluding hydrogens is 556 g/mol. The van der Waals surface area contributed by atoms with E-state index in [1.165, 1.54) is 116 Å². The van der Waals surface area contributed by atoms with Crippen molar-refractivity contribution in [2.75, 3.05) is 0 Å². The fourth-order valence-electron chi connectivity index (χ4n) is 7.55. The molecule has 0 aromatic heterocycles. The molecule has 0 N–H and O–H groups in total. The first-order valence-corrected chi connectivity index (χ1v) is 19.7. The van der Waals surface area contributed by atoms with Crippen LogP contribution in [0.5, 0.6) is 0 Å². The van der Waals surface area contributed by atoms with E-state index >= 15 is 0 Å². The van der Waals surface area contributed by atoms with Crippen molar-refractivity contribution in [3.63, 3.8) is 0 Å². The van der Waals surface area contributed by atoms with E-state index in [0.717, 1.165) is 69.2 Å². The van der Waals surface area contributed by atoms with Gasteiger partial charge in [0.25, 0.3) is 0 Å². The third-order valence-electron chi connectivity index (χ3n) is 9.93. The summed E-state index contributed by atoms with van der Waals surface area (Å²) in [5.41, 5.74) is 27.1. The molecule has 0 amide bonds. The molecule has 2 heteroatoms. The van der Waals surface area contributed by atoms with Crippen molar-refractivity contribution in [2.45, 2.75) is 183 Å². The maximum absolute atomic E-state index is 12.2. The van der Waals surface area contributed by atoms with Gasteiger partial charge in [0, 0.05) is 22.8 Å². The second-order valence-corrected chi connectivity index (χ2v) is 14.0. The Labute approximate surface area is 284 Å². The van der Waals surface area contributed by atoms with Crippen LogP contribution in [-0.4, -0.2) is 4.70 Å². The van der Waals surface area contributed by atoms with E-state index in [0.29, 0.717) is 0 Å². The second-order valence-electron chi connectivity index (χ2n) is 14.0. The third kappa shape index (κ3) is 10.3. The van der Waals surface area contributed by atoms with E-state index in [1.807, 2.05) is 0 Å². The minimum atomic E-state index is 0.969. The number of hydrogen-bond donors (Lipinski definition) is 0. The van der Waals surface area contributed by atoms with Crippen molar-refractivity contribution < 1.29 is 4.70 Å². The molecule has 0 radical (unpaired) electrons. The summed E-state index contributed by atoms with van der Waals surface area (Å²) in [5, 5.41) is 0. The highest BCUT2D eigenvalue weighted by atomic mass is 15.2. The van der Waals surface area contributed by atoms with Crippen LogP contribution in [0.15, 0.2) is 35.9 Å². The van der Waals surface area contributed by atoms with Crippen LogP contribution in [0.3, 0.4) is 0 Å². The van der Waals surface area contributed by atoms with Gasteiger partial charge in [-0.25, -0.2) is 4.70 Å². The van der Waals surface area contributed by atoms with Crippen molar-refractivity contribution in [2.24, 2.45) is 0 Å². The molecule has 0 saturated heterocycles. The van der Waals surface area contributed by atoms with Crippen molar-refractivity contribution in [3.8, 4) is 0 Å². The molecule has 1 heterocycles. The summed E-state index contributed by atoms with van der Waals surface area (Å²) < 4.78 is 1.59. The number of rotatable bonds is 23. The molecular formula is C44H68N2. The summed E-state index contributed by atoms with van der Waals surface area (Å²) in [7, 11) is 0. The Hall–Kier alpha value is -2.48. The lowest BCUT2D eigenvalue weighted by Gasteiger charge is -2.19. The molecule has 3 rings (SSSR count). The minimum Gasteiger partial charge on any atom is -0.493 e. The molecule has 0 saturated carbocycles. The first-order valence-electron chi connectivity index (χ1n) is 19.7. The van der Waals surface area contributed by atoms with E-state index in [9.17, 15) is 5.53 Å². The van der Waals surface area contributed by atoms with Gasteiger partial charge >= 0.3 is 0 Å². The molecule has 1 aliphatic rings. The number of hydrogen-bond acceptors (Lipinski definition) is 0. The smallest absolute Gasteiger partial charge is 0.210 e. The van der Waals surface area contributed by atoms with Gasteiger partial charge < -0.3 is 5.53 Å². The highest BCUT2D eigenvalue weighted by molar-refractivity contribution is 5.79. The lowest BCUT2D eigenvalue weighted by atomic mass is 9.88. The maximum atomic E-state index is 12.2. The van der Waals surface area contributed by atoms with E-state index in [4.69, 9.17) is 0 Å². The summed E-state index contributed by atoms with van der Waals surface area (Å²) in [4.78, 5) is 0. The largest absolute Gasteiger partial charge is 0.493 e. The van der Waals surface area contributed by atoms with Crippen molar-refractivity contribution in [3.05, 3.63) is 86.0 Å². The summed E-state index contributed by atoms with van der Waals surface area (Å²) in [6.07, 6.45) is 27.3. The molecule has 2 nitrogen and oxygen atoms in total. The Morgan fingerprint density at radius 3 is 1.28 bits per heavy atom. The summed E-state index contributed by atoms with van der Waals surface area (Å²) in [6, 6.07) is 9.74. The number of aryl methyl sites for hydroxylation is 4. The normalized spacial score (nSPS) is 13.3. The van der Waals surface area contributed by atoms with Crippen LogP contribution in [0.2, 0.25) is 0 Å². The average Bonchev–Trinajstić information content (AvgIpc) is 3.37. The topological polar surface area (TPSA) is 25.3 Å². The van der Waals surface area contributed by atoms with Gasteiger partial charge in [-0.3, -0.25) is 0 Å². The molecule has 2 aromatic carbocycles. The van der Waals surface area contributed by atoms with E-state index < -0.39 is 0 Å². The highest BCUT2D eigenvalue weighted by Gasteiger charge is 2.30. The summed E-state index contributed by atoms with van der Waals surface area (Å²) >= 11 is 0. The van der Waals surface area contributed by atoms with Crippen LogP contribution < -0.4 is 0 Å². The van der Waals surface area contributed by atoms with Gasteiger partial charge in [-0.1, -0.05) is 119 Å². The van der Waals surface area contributed by atoms with Gasteiger partial charge in [-0.2, -0.15) is 0 Å². The Kier molecular flexibility index (Phi) is 17.1. The van der Waals surface area contributed by atoms with Gasteiger partial charge in [0.2, 0.25) is 11.4 Å². The summed E-state index contributed by atoms with van der Waals surface area (Å²) in [5.74, 6) is 0. The zero-order chi connectivity index (χ0) is 33.3. The number of nitrogens with zero attached hydrogens (tertiary/aromatic N) is 2. The fourth-order valence-corrected chi connectivity index (χ4v) is 7.55. The van der Waals surface area contributed by atoms with Gasteiger partial charge in [0.15, 0.2) is 0 Å². The van der Waals surface area contributed by atoms with Gasteiger partial charge in [-0.15, -0.1) is 0 Å². The van der Waals surface area contributed by atoms with Crippen LogP contribution in [-0.2, 0) is 38.5 Å². The number of benzene rings is 2. The lowest BCUT2D eigenvalue weighted by Crippen LogP contribution is -2.08. The van der Waals surface area contributed by atoms with Crippen molar-refractivity contribution in [1.82, 2.24) is 0 Å². The van der Waals surface area contributed by atoms with Crippen LogP contribution in [0, 0.1) is 0 Å². The van der Waals surface area contributed by atoms with Crippen LogP contribution in [0.4, 0.5) is 0 Å². The molecule has 0 fully saturated rings. The first kappa shape index (κ1) is 38.0. The fraction of sp³-hybridized carbons (Fsp3) is 0.636. The molecule has 46 heavy (non-hydrogen) atoms. The molecule has 0 aliphatic carbocycles. The van der Waals surface area contributed by atoms with Crippen LogP contribution in [0.25, 0.3) is 16.9 Å². The number of allylic oxidation sites excluding steroid dienone is 2. The minimum absolute atomic E-state index is 0.969. The quantitative estimate of drug-likeness (QED) is 0.0868. The Morgan fingerprint density at radius 2 is 0.848 bits per heavy atom. The van der Waals surface area contributed by atoms with Crippen LogP contribution in [0.1, 0.15) is 189 Å². The Morgan fingerprint density at radius 1 is 0.435 bits per heavy atom. The van der Waals surface area contributed by atoms with Gasteiger partial charge in [0.1, 0.15) is 0 Å². The van der Waals surface area contributed by atoms with Crippen molar-refractivity contribution >= 4 is 11.4 Å².